The molecule has 92 heavy (non-hydrogen) atoms. The molecule has 0 unspecified atom stereocenters. The number of hydrogen-bond acceptors (Lipinski definition) is 5. The van der Waals surface area contributed by atoms with Crippen molar-refractivity contribution in [2.24, 2.45) is 34.0 Å². The molecule has 6 bridgehead atoms. The number of benzene rings is 4. The summed E-state index contributed by atoms with van der Waals surface area (Å²) in [6, 6.07) is 35.5. The molecule has 16 aliphatic rings. The zero-order valence-corrected chi connectivity index (χ0v) is 55.3. The van der Waals surface area contributed by atoms with Crippen LogP contribution in [0.2, 0.25) is 0 Å². The van der Waals surface area contributed by atoms with Crippen LogP contribution in [0, 0.1) is 34.0 Å². The zero-order valence-electron chi connectivity index (χ0n) is 55.3. The molecule has 14 atom stereocenters. The monoisotopic (exact) mass is 1220 g/mol. The van der Waals surface area contributed by atoms with Gasteiger partial charge < -0.3 is 19.5 Å². The van der Waals surface area contributed by atoms with E-state index in [2.05, 4.69) is 160 Å². The Morgan fingerprint density at radius 1 is 0.511 bits per heavy atom. The first-order chi connectivity index (χ1) is 44.5. The molecule has 7 aliphatic heterocycles. The number of allylic oxidation sites excluding steroid dienone is 4. The highest BCUT2D eigenvalue weighted by Crippen LogP contribution is 2.72. The number of para-hydroxylation sites is 1. The molecule has 9 aliphatic carbocycles. The summed E-state index contributed by atoms with van der Waals surface area (Å²) in [6.07, 6.45) is 44.7. The molecule has 4 aromatic carbocycles. The molecule has 3 saturated heterocycles. The van der Waals surface area contributed by atoms with Crippen molar-refractivity contribution >= 4 is 22.4 Å². The molecule has 8 fully saturated rings. The third-order valence-electron chi connectivity index (χ3n) is 28.5. The van der Waals surface area contributed by atoms with Crippen molar-refractivity contribution in [2.45, 2.75) is 227 Å². The van der Waals surface area contributed by atoms with Crippen LogP contribution in [0.15, 0.2) is 215 Å². The maximum absolute atomic E-state index is 13.2. The van der Waals surface area contributed by atoms with Crippen molar-refractivity contribution in [3.05, 3.63) is 232 Å². The number of ether oxygens (including phenoxy) is 3. The molecule has 5 saturated carbocycles. The van der Waals surface area contributed by atoms with Crippen LogP contribution in [-0.2, 0) is 32.0 Å². The molecule has 1 N–H and O–H groups in total. The van der Waals surface area contributed by atoms with Gasteiger partial charge in [0, 0.05) is 61.0 Å². The van der Waals surface area contributed by atoms with Gasteiger partial charge in [0.05, 0.1) is 33.6 Å². The quantitative estimate of drug-likeness (QED) is 0.206. The number of hydrogen-bond donors (Lipinski definition) is 1. The molecule has 0 radical (unpaired) electrons. The van der Waals surface area contributed by atoms with Crippen molar-refractivity contribution in [3.8, 4) is 0 Å². The topological polar surface area (TPSA) is 60.0 Å². The lowest BCUT2D eigenvalue weighted by Crippen LogP contribution is -2.56. The predicted octanol–water partition coefficient (Wildman–Crippen LogP) is 19.6. The highest BCUT2D eigenvalue weighted by molar-refractivity contribution is 6.05. The highest BCUT2D eigenvalue weighted by Gasteiger charge is 2.70. The van der Waals surface area contributed by atoms with Gasteiger partial charge >= 0.3 is 0 Å². The smallest absolute Gasteiger partial charge is 0.251 e. The summed E-state index contributed by atoms with van der Waals surface area (Å²) in [5.74, 6) is 2.22. The van der Waals surface area contributed by atoms with E-state index in [1.807, 2.05) is 30.3 Å². The van der Waals surface area contributed by atoms with Crippen molar-refractivity contribution < 1.29 is 19.0 Å². The Hall–Kier alpha value is -6.15. The van der Waals surface area contributed by atoms with Crippen LogP contribution in [0.3, 0.4) is 0 Å². The number of carbonyl (C=O) groups excluding carboxylic acids is 1. The third-order valence-corrected chi connectivity index (χ3v) is 28.5. The van der Waals surface area contributed by atoms with Crippen LogP contribution in [0.4, 0.5) is 5.69 Å². The van der Waals surface area contributed by atoms with Gasteiger partial charge in [-0.05, 0) is 236 Å². The molecule has 20 rings (SSSR count). The minimum Gasteiger partial charge on any atom is -0.359 e. The Labute approximate surface area is 547 Å². The summed E-state index contributed by atoms with van der Waals surface area (Å²) in [6.45, 7) is 22.8. The standard InChI is InChI=1S/C30H32O.C29H35NO.C27H29NO2/c1-20-7-10-24-18-25-13-14-28(2)26(23-9-8-21-5-3-4-6-22(21)17-23)11-12-27(28)30(25)16-15-29(24,19-20)31-30;1-20-7-8-23-17-24-11-13-27(2)25(29(24)15-14-28(23,18-20)31-29)9-10-26(27)30-16-12-21-5-3-4-6-22(21)19-30;1-18-8-9-19-16-20-12-13-25(2)22(24(29)28-21-6-4-3-5-7-21)10-11-23(25)27(20)15-14-26(19,17-18)30-27/h3-6,8-9,13,17-18,26-27H,1,7,10-12,14-16,19H2,2H3;3-6,11,17,25-26H,1,7-10,12-16,18-19H2,2H3;3-7,10,12,16,23H,1,8-9,11,13-15,17H2,2H3,(H,28,29)/t26-,27-,28-,29-,30-;25-,26+,27+,28-,29-;23-,25-,26-,27-/m111/s1. The molecule has 4 aromatic rings. The molecule has 7 heterocycles. The molecule has 6 spiro atoms. The number of fused-ring (bicyclic) bond motifs is 5. The van der Waals surface area contributed by atoms with Gasteiger partial charge in [0.15, 0.2) is 0 Å². The maximum Gasteiger partial charge on any atom is 0.251 e. The van der Waals surface area contributed by atoms with E-state index in [4.69, 9.17) is 14.2 Å². The minimum absolute atomic E-state index is 0.0208. The van der Waals surface area contributed by atoms with E-state index in [0.29, 0.717) is 35.1 Å². The number of anilines is 1. The number of nitrogens with zero attached hydrogens (tertiary/aromatic N) is 1. The highest BCUT2D eigenvalue weighted by atomic mass is 16.5. The molecular formula is C86H96N2O4. The second-order valence-electron chi connectivity index (χ2n) is 32.9. The van der Waals surface area contributed by atoms with Crippen molar-refractivity contribution in [1.29, 1.82) is 0 Å². The molecule has 474 valence electrons. The van der Waals surface area contributed by atoms with E-state index >= 15 is 0 Å². The van der Waals surface area contributed by atoms with Gasteiger partial charge in [-0.3, -0.25) is 9.69 Å². The van der Waals surface area contributed by atoms with E-state index in [1.165, 1.54) is 133 Å². The second kappa shape index (κ2) is 20.7. The fourth-order valence-electron chi connectivity index (χ4n) is 24.0. The average molecular weight is 1220 g/mol. The molecule has 0 aromatic heterocycles. The van der Waals surface area contributed by atoms with Crippen LogP contribution in [0.5, 0.6) is 0 Å². The van der Waals surface area contributed by atoms with E-state index < -0.39 is 0 Å². The lowest BCUT2D eigenvalue weighted by atomic mass is 9.58. The lowest BCUT2D eigenvalue weighted by Gasteiger charge is -2.55. The first-order valence-electron chi connectivity index (χ1n) is 36.2. The SMILES string of the molecule is C=C1CCC2=CC3=CC[C@]4(C)C(C(=O)Nc5ccccc5)=CC[C@H]4[C@@]34CC[C@]2(C1)O4.C=C1CCC2=CC3=CC[C@]4(C)[C@@H](N5CCc6ccccc6C5)CC[C@H]4[C@@]34CC[C@]2(C1)O4.C=C1CCC2=CC3=CC[C@]4(C)[C@@H](c5ccc6ccccc6c5)CC[C@H]4[C@@]34CC[C@]2(C1)O4. The van der Waals surface area contributed by atoms with Crippen LogP contribution in [-0.4, -0.2) is 57.0 Å². The molecular weight excluding hydrogens is 1120 g/mol. The number of carbonyl (C=O) groups is 1. The average Bonchev–Trinajstić information content (AvgIpc) is 1.53. The summed E-state index contributed by atoms with van der Waals surface area (Å²) in [5.41, 5.74) is 19.4. The number of amides is 1. The van der Waals surface area contributed by atoms with Crippen molar-refractivity contribution in [2.75, 3.05) is 11.9 Å². The van der Waals surface area contributed by atoms with Crippen LogP contribution >= 0.6 is 0 Å². The third kappa shape index (κ3) is 8.39. The summed E-state index contributed by atoms with van der Waals surface area (Å²) < 4.78 is 21.7. The first kappa shape index (κ1) is 58.4. The zero-order chi connectivity index (χ0) is 62.3. The molecule has 6 heteroatoms. The van der Waals surface area contributed by atoms with E-state index in [9.17, 15) is 4.79 Å². The molecule has 1 amide bonds. The van der Waals surface area contributed by atoms with E-state index in [0.717, 1.165) is 101 Å². The first-order valence-corrected chi connectivity index (χ1v) is 36.2. The largest absolute Gasteiger partial charge is 0.359 e. The summed E-state index contributed by atoms with van der Waals surface area (Å²) >= 11 is 0. The van der Waals surface area contributed by atoms with Crippen molar-refractivity contribution in [1.82, 2.24) is 4.90 Å². The maximum atomic E-state index is 13.2. The Morgan fingerprint density at radius 2 is 1.03 bits per heavy atom. The Bertz CT molecular complexity index is 4090. The van der Waals surface area contributed by atoms with E-state index in [-0.39, 0.29) is 50.3 Å². The predicted molar refractivity (Wildman–Crippen MR) is 371 cm³/mol. The van der Waals surface area contributed by atoms with Gasteiger partial charge in [-0.15, -0.1) is 0 Å². The fraction of sp³-hybridized carbons (Fsp3) is 0.500. The van der Waals surface area contributed by atoms with Gasteiger partial charge in [-0.1, -0.05) is 185 Å². The number of nitrogens with one attached hydrogen (secondary N) is 1. The molecule has 6 nitrogen and oxygen atoms in total. The second-order valence-corrected chi connectivity index (χ2v) is 32.9. The Kier molecular flexibility index (Phi) is 13.1. The Balaban J connectivity index is 0.000000102. The minimum atomic E-state index is -0.251. The van der Waals surface area contributed by atoms with Gasteiger partial charge in [0.25, 0.3) is 5.91 Å². The summed E-state index contributed by atoms with van der Waals surface area (Å²) in [7, 11) is 0. The Morgan fingerprint density at radius 3 is 1.65 bits per heavy atom. The van der Waals surface area contributed by atoms with Gasteiger partial charge in [-0.2, -0.15) is 0 Å². The fourth-order valence-corrected chi connectivity index (χ4v) is 24.0. The number of rotatable bonds is 4. The van der Waals surface area contributed by atoms with E-state index in [1.54, 1.807) is 22.3 Å². The van der Waals surface area contributed by atoms with Crippen LogP contribution in [0.1, 0.15) is 191 Å². The van der Waals surface area contributed by atoms with Gasteiger partial charge in [-0.25, -0.2) is 0 Å². The lowest BCUT2D eigenvalue weighted by molar-refractivity contribution is -0.134. The normalized spacial score (nSPS) is 41.0. The summed E-state index contributed by atoms with van der Waals surface area (Å²) in [4.78, 5) is 16.1. The van der Waals surface area contributed by atoms with Gasteiger partial charge in [0.1, 0.15) is 0 Å². The van der Waals surface area contributed by atoms with Crippen molar-refractivity contribution in [3.63, 3.8) is 0 Å². The van der Waals surface area contributed by atoms with Crippen LogP contribution < -0.4 is 5.32 Å². The van der Waals surface area contributed by atoms with Crippen LogP contribution in [0.25, 0.3) is 10.8 Å². The summed E-state index contributed by atoms with van der Waals surface area (Å²) in [5, 5.41) is 5.83. The van der Waals surface area contributed by atoms with Gasteiger partial charge in [0.2, 0.25) is 0 Å².